The molecule has 2 aromatic carbocycles. The fraction of sp³-hybridized carbons (Fsp3) is 0.222. The predicted octanol–water partition coefficient (Wildman–Crippen LogP) is 3.09. The van der Waals surface area contributed by atoms with E-state index in [2.05, 4.69) is 20.6 Å². The number of hydrogen-bond donors (Lipinski definition) is 3. The molecule has 3 N–H and O–H groups in total. The highest BCUT2D eigenvalue weighted by molar-refractivity contribution is 5.90. The van der Waals surface area contributed by atoms with Crippen molar-refractivity contribution in [1.82, 2.24) is 9.97 Å². The van der Waals surface area contributed by atoms with Gasteiger partial charge >= 0.3 is 0 Å². The standard InChI is InChI=1S/C18H20N4O2/c1-12-7-8-16(24-2)15(11-12)21-18-20-14-6-4-3-5-13(14)17(22-18)19-9-10-23/h3-8,11,23H,9-10H2,1-2H3,(H2,19,20,21,22). The lowest BCUT2D eigenvalue weighted by atomic mass is 10.2. The van der Waals surface area contributed by atoms with Gasteiger partial charge in [-0.05, 0) is 36.8 Å². The third-order valence-electron chi connectivity index (χ3n) is 3.61. The molecular weight excluding hydrogens is 304 g/mol. The normalized spacial score (nSPS) is 10.6. The van der Waals surface area contributed by atoms with Gasteiger partial charge in [0.15, 0.2) is 0 Å². The zero-order valence-corrected chi connectivity index (χ0v) is 13.7. The van der Waals surface area contributed by atoms with Gasteiger partial charge in [0.05, 0.1) is 24.9 Å². The van der Waals surface area contributed by atoms with Gasteiger partial charge in [-0.1, -0.05) is 18.2 Å². The fourth-order valence-electron chi connectivity index (χ4n) is 2.48. The molecule has 0 fully saturated rings. The summed E-state index contributed by atoms with van der Waals surface area (Å²) < 4.78 is 5.39. The van der Waals surface area contributed by atoms with Gasteiger partial charge in [0.2, 0.25) is 5.95 Å². The Hall–Kier alpha value is -2.86. The lowest BCUT2D eigenvalue weighted by Crippen LogP contribution is -2.09. The number of aromatic nitrogens is 2. The molecule has 0 aliphatic heterocycles. The molecule has 0 amide bonds. The molecule has 6 nitrogen and oxygen atoms in total. The average molecular weight is 324 g/mol. The molecule has 0 saturated heterocycles. The van der Waals surface area contributed by atoms with Gasteiger partial charge in [-0.2, -0.15) is 4.98 Å². The van der Waals surface area contributed by atoms with Crippen LogP contribution in [0.5, 0.6) is 5.75 Å². The van der Waals surface area contributed by atoms with Crippen LogP contribution in [0.3, 0.4) is 0 Å². The summed E-state index contributed by atoms with van der Waals surface area (Å²) in [6, 6.07) is 13.6. The van der Waals surface area contributed by atoms with Crippen LogP contribution in [0, 0.1) is 6.92 Å². The molecule has 1 aromatic heterocycles. The maximum absolute atomic E-state index is 9.06. The number of hydrogen-bond acceptors (Lipinski definition) is 6. The molecule has 0 atom stereocenters. The van der Waals surface area contributed by atoms with Crippen LogP contribution in [-0.4, -0.2) is 35.3 Å². The van der Waals surface area contributed by atoms with Crippen molar-refractivity contribution in [3.05, 3.63) is 48.0 Å². The van der Waals surface area contributed by atoms with E-state index in [1.54, 1.807) is 7.11 Å². The zero-order chi connectivity index (χ0) is 16.9. The number of anilines is 3. The first-order valence-corrected chi connectivity index (χ1v) is 7.74. The monoisotopic (exact) mass is 324 g/mol. The van der Waals surface area contributed by atoms with Crippen molar-refractivity contribution in [2.24, 2.45) is 0 Å². The Morgan fingerprint density at radius 1 is 1.12 bits per heavy atom. The first-order valence-electron chi connectivity index (χ1n) is 7.74. The Balaban J connectivity index is 2.02. The molecule has 0 aliphatic rings. The number of methoxy groups -OCH3 is 1. The number of aliphatic hydroxyl groups is 1. The van der Waals surface area contributed by atoms with Crippen molar-refractivity contribution < 1.29 is 9.84 Å². The molecule has 6 heteroatoms. The topological polar surface area (TPSA) is 79.3 Å². The number of fused-ring (bicyclic) bond motifs is 1. The molecule has 0 aliphatic carbocycles. The molecule has 124 valence electrons. The van der Waals surface area contributed by atoms with Gasteiger partial charge < -0.3 is 20.5 Å². The maximum atomic E-state index is 9.06. The first-order chi connectivity index (χ1) is 11.7. The van der Waals surface area contributed by atoms with E-state index in [4.69, 9.17) is 9.84 Å². The molecule has 0 unspecified atom stereocenters. The lowest BCUT2D eigenvalue weighted by Gasteiger charge is -2.13. The Morgan fingerprint density at radius 2 is 1.96 bits per heavy atom. The maximum Gasteiger partial charge on any atom is 0.229 e. The van der Waals surface area contributed by atoms with Crippen LogP contribution < -0.4 is 15.4 Å². The van der Waals surface area contributed by atoms with E-state index in [0.29, 0.717) is 18.3 Å². The Labute approximate surface area is 140 Å². The number of nitrogens with one attached hydrogen (secondary N) is 2. The van der Waals surface area contributed by atoms with Crippen molar-refractivity contribution in [2.45, 2.75) is 6.92 Å². The van der Waals surface area contributed by atoms with Crippen LogP contribution in [0.15, 0.2) is 42.5 Å². The van der Waals surface area contributed by atoms with E-state index in [0.717, 1.165) is 27.9 Å². The first kappa shape index (κ1) is 16.0. The highest BCUT2D eigenvalue weighted by Crippen LogP contribution is 2.29. The minimum Gasteiger partial charge on any atom is -0.495 e. The Morgan fingerprint density at radius 3 is 2.75 bits per heavy atom. The highest BCUT2D eigenvalue weighted by Gasteiger charge is 2.10. The molecule has 0 saturated carbocycles. The van der Waals surface area contributed by atoms with Gasteiger partial charge in [0.25, 0.3) is 0 Å². The largest absolute Gasteiger partial charge is 0.495 e. The number of aryl methyl sites for hydroxylation is 1. The Kier molecular flexibility index (Phi) is 4.77. The van der Waals surface area contributed by atoms with E-state index in [1.165, 1.54) is 0 Å². The third kappa shape index (κ3) is 3.38. The zero-order valence-electron chi connectivity index (χ0n) is 13.7. The van der Waals surface area contributed by atoms with Gasteiger partial charge in [-0.3, -0.25) is 0 Å². The Bertz CT molecular complexity index is 852. The van der Waals surface area contributed by atoms with Crippen LogP contribution in [0.25, 0.3) is 10.9 Å². The van der Waals surface area contributed by atoms with Crippen molar-refractivity contribution in [3.63, 3.8) is 0 Å². The summed E-state index contributed by atoms with van der Waals surface area (Å²) in [6.45, 7) is 2.47. The molecule has 0 radical (unpaired) electrons. The van der Waals surface area contributed by atoms with E-state index in [9.17, 15) is 0 Å². The predicted molar refractivity (Wildman–Crippen MR) is 96.1 cm³/mol. The number of ether oxygens (including phenoxy) is 1. The molecule has 3 aromatic rings. The lowest BCUT2D eigenvalue weighted by molar-refractivity contribution is 0.311. The average Bonchev–Trinajstić information content (AvgIpc) is 2.60. The third-order valence-corrected chi connectivity index (χ3v) is 3.61. The van der Waals surface area contributed by atoms with Gasteiger partial charge in [0, 0.05) is 11.9 Å². The van der Waals surface area contributed by atoms with Crippen molar-refractivity contribution in [2.75, 3.05) is 30.9 Å². The molecule has 24 heavy (non-hydrogen) atoms. The summed E-state index contributed by atoms with van der Waals surface area (Å²) in [5.41, 5.74) is 2.74. The van der Waals surface area contributed by atoms with Gasteiger partial charge in [-0.15, -0.1) is 0 Å². The summed E-state index contributed by atoms with van der Waals surface area (Å²) in [6.07, 6.45) is 0. The van der Waals surface area contributed by atoms with Crippen LogP contribution in [0.2, 0.25) is 0 Å². The number of nitrogens with zero attached hydrogens (tertiary/aromatic N) is 2. The number of rotatable bonds is 6. The van der Waals surface area contributed by atoms with E-state index >= 15 is 0 Å². The van der Waals surface area contributed by atoms with E-state index in [1.807, 2.05) is 49.4 Å². The highest BCUT2D eigenvalue weighted by atomic mass is 16.5. The number of aliphatic hydroxyl groups excluding tert-OH is 1. The van der Waals surface area contributed by atoms with Crippen molar-refractivity contribution >= 4 is 28.4 Å². The second-order valence-corrected chi connectivity index (χ2v) is 5.39. The summed E-state index contributed by atoms with van der Waals surface area (Å²) >= 11 is 0. The number of benzene rings is 2. The smallest absolute Gasteiger partial charge is 0.229 e. The summed E-state index contributed by atoms with van der Waals surface area (Å²) in [4.78, 5) is 9.10. The van der Waals surface area contributed by atoms with Crippen LogP contribution in [-0.2, 0) is 0 Å². The van der Waals surface area contributed by atoms with E-state index in [-0.39, 0.29) is 6.61 Å². The SMILES string of the molecule is COc1ccc(C)cc1Nc1nc(NCCO)c2ccccc2n1. The van der Waals surface area contributed by atoms with Crippen molar-refractivity contribution in [1.29, 1.82) is 0 Å². The summed E-state index contributed by atoms with van der Waals surface area (Å²) in [5, 5.41) is 16.3. The molecule has 0 spiro atoms. The quantitative estimate of drug-likeness (QED) is 0.646. The molecule has 3 rings (SSSR count). The molecular formula is C18H20N4O2. The fourth-order valence-corrected chi connectivity index (χ4v) is 2.48. The molecule has 1 heterocycles. The van der Waals surface area contributed by atoms with Crippen LogP contribution >= 0.6 is 0 Å². The van der Waals surface area contributed by atoms with Crippen molar-refractivity contribution in [3.8, 4) is 5.75 Å². The van der Waals surface area contributed by atoms with Gasteiger partial charge in [-0.25, -0.2) is 4.98 Å². The van der Waals surface area contributed by atoms with E-state index < -0.39 is 0 Å². The number of para-hydroxylation sites is 1. The summed E-state index contributed by atoms with van der Waals surface area (Å²) in [7, 11) is 1.63. The summed E-state index contributed by atoms with van der Waals surface area (Å²) in [5.74, 6) is 1.88. The minimum atomic E-state index is 0.0345. The van der Waals surface area contributed by atoms with Crippen LogP contribution in [0.1, 0.15) is 5.56 Å². The van der Waals surface area contributed by atoms with Crippen LogP contribution in [0.4, 0.5) is 17.5 Å². The molecule has 0 bridgehead atoms. The second kappa shape index (κ2) is 7.14. The second-order valence-electron chi connectivity index (χ2n) is 5.39. The minimum absolute atomic E-state index is 0.0345. The van der Waals surface area contributed by atoms with Gasteiger partial charge in [0.1, 0.15) is 11.6 Å².